The highest BCUT2D eigenvalue weighted by molar-refractivity contribution is 5.93. The highest BCUT2D eigenvalue weighted by atomic mass is 15.1. The number of H-pyrrole nitrogens is 1. The normalized spacial score (nSPS) is 11.1. The molecular formula is C16H18N4. The second kappa shape index (κ2) is 5.43. The van der Waals surface area contributed by atoms with Crippen LogP contribution in [0.1, 0.15) is 18.1 Å². The molecular weight excluding hydrogens is 248 g/mol. The number of aromatic nitrogens is 3. The van der Waals surface area contributed by atoms with Crippen molar-refractivity contribution in [1.82, 2.24) is 15.2 Å². The molecule has 0 fully saturated rings. The highest BCUT2D eigenvalue weighted by Gasteiger charge is 2.10. The fourth-order valence-electron chi connectivity index (χ4n) is 2.53. The van der Waals surface area contributed by atoms with Crippen molar-refractivity contribution in [2.75, 3.05) is 6.54 Å². The molecule has 2 aromatic heterocycles. The Balaban J connectivity index is 2.15. The molecule has 0 aliphatic carbocycles. The lowest BCUT2D eigenvalue weighted by Gasteiger charge is -2.07. The van der Waals surface area contributed by atoms with E-state index in [-0.39, 0.29) is 0 Å². The lowest BCUT2D eigenvalue weighted by atomic mass is 10.0. The molecule has 1 aromatic carbocycles. The van der Waals surface area contributed by atoms with Gasteiger partial charge >= 0.3 is 0 Å². The smallest absolute Gasteiger partial charge is 0.0812 e. The van der Waals surface area contributed by atoms with Crippen molar-refractivity contribution in [2.45, 2.75) is 19.8 Å². The number of aryl methyl sites for hydroxylation is 1. The van der Waals surface area contributed by atoms with Crippen molar-refractivity contribution < 1.29 is 0 Å². The second-order valence-corrected chi connectivity index (χ2v) is 4.88. The van der Waals surface area contributed by atoms with Crippen molar-refractivity contribution in [3.63, 3.8) is 0 Å². The third kappa shape index (κ3) is 2.18. The van der Waals surface area contributed by atoms with Crippen molar-refractivity contribution in [2.24, 2.45) is 5.73 Å². The van der Waals surface area contributed by atoms with Gasteiger partial charge in [-0.1, -0.05) is 25.1 Å². The monoisotopic (exact) mass is 266 g/mol. The fraction of sp³-hybridized carbons (Fsp3) is 0.250. The number of nitrogens with zero attached hydrogens (tertiary/aromatic N) is 2. The van der Waals surface area contributed by atoms with Gasteiger partial charge in [0.25, 0.3) is 0 Å². The first-order chi connectivity index (χ1) is 9.83. The van der Waals surface area contributed by atoms with E-state index in [1.54, 1.807) is 0 Å². The van der Waals surface area contributed by atoms with E-state index in [9.17, 15) is 0 Å². The summed E-state index contributed by atoms with van der Waals surface area (Å²) in [4.78, 5) is 4.63. The average molecular weight is 266 g/mol. The third-order valence-electron chi connectivity index (χ3n) is 3.58. The summed E-state index contributed by atoms with van der Waals surface area (Å²) in [6.45, 7) is 2.78. The quantitative estimate of drug-likeness (QED) is 0.763. The topological polar surface area (TPSA) is 67.6 Å². The molecule has 0 saturated carbocycles. The zero-order valence-corrected chi connectivity index (χ0v) is 11.6. The lowest BCUT2D eigenvalue weighted by molar-refractivity contribution is 0.969. The van der Waals surface area contributed by atoms with Crippen LogP contribution in [0.4, 0.5) is 0 Å². The Hall–Kier alpha value is -2.20. The first-order valence-corrected chi connectivity index (χ1v) is 6.93. The Kier molecular flexibility index (Phi) is 3.48. The van der Waals surface area contributed by atoms with E-state index in [2.05, 4.69) is 46.4 Å². The predicted octanol–water partition coefficient (Wildman–Crippen LogP) is 2.69. The summed E-state index contributed by atoms with van der Waals surface area (Å²) in [7, 11) is 0. The molecule has 0 aliphatic heterocycles. The van der Waals surface area contributed by atoms with Gasteiger partial charge in [-0.3, -0.25) is 10.1 Å². The van der Waals surface area contributed by atoms with E-state index >= 15 is 0 Å². The summed E-state index contributed by atoms with van der Waals surface area (Å²) in [5.41, 5.74) is 11.2. The van der Waals surface area contributed by atoms with E-state index in [4.69, 9.17) is 5.73 Å². The molecule has 102 valence electrons. The SMILES string of the molecule is CCc1cnc(-c2cccc(CCN)c2)c2cn[nH]c12. The van der Waals surface area contributed by atoms with Crippen LogP contribution in [-0.2, 0) is 12.8 Å². The number of nitrogens with one attached hydrogen (secondary N) is 1. The van der Waals surface area contributed by atoms with E-state index in [0.29, 0.717) is 6.54 Å². The van der Waals surface area contributed by atoms with Gasteiger partial charge < -0.3 is 5.73 Å². The Morgan fingerprint density at radius 2 is 2.15 bits per heavy atom. The van der Waals surface area contributed by atoms with Crippen LogP contribution >= 0.6 is 0 Å². The minimum Gasteiger partial charge on any atom is -0.330 e. The standard InChI is InChI=1S/C16H18N4/c1-2-12-9-18-15(14-10-19-20-16(12)14)13-5-3-4-11(8-13)6-7-17/h3-5,8-10H,2,6-7,17H2,1H3,(H,19,20). The summed E-state index contributed by atoms with van der Waals surface area (Å²) in [5.74, 6) is 0. The van der Waals surface area contributed by atoms with Gasteiger partial charge in [0.2, 0.25) is 0 Å². The Labute approximate surface area is 118 Å². The molecule has 0 amide bonds. The van der Waals surface area contributed by atoms with Gasteiger partial charge in [-0.15, -0.1) is 0 Å². The Morgan fingerprint density at radius 1 is 1.25 bits per heavy atom. The van der Waals surface area contributed by atoms with Gasteiger partial charge in [-0.25, -0.2) is 0 Å². The van der Waals surface area contributed by atoms with Crippen molar-refractivity contribution in [3.05, 3.63) is 47.8 Å². The number of aromatic amines is 1. The van der Waals surface area contributed by atoms with Crippen LogP contribution in [0.2, 0.25) is 0 Å². The van der Waals surface area contributed by atoms with E-state index in [1.807, 2.05) is 12.4 Å². The molecule has 3 aromatic rings. The number of nitrogens with two attached hydrogens (primary N) is 1. The summed E-state index contributed by atoms with van der Waals surface area (Å²) < 4.78 is 0. The fourth-order valence-corrected chi connectivity index (χ4v) is 2.53. The van der Waals surface area contributed by atoms with E-state index in [1.165, 1.54) is 11.1 Å². The van der Waals surface area contributed by atoms with Crippen LogP contribution in [0.15, 0.2) is 36.7 Å². The molecule has 0 saturated heterocycles. The van der Waals surface area contributed by atoms with Gasteiger partial charge in [0.05, 0.1) is 17.4 Å². The van der Waals surface area contributed by atoms with Crippen molar-refractivity contribution in [1.29, 1.82) is 0 Å². The van der Waals surface area contributed by atoms with Crippen LogP contribution in [0, 0.1) is 0 Å². The minimum atomic E-state index is 0.659. The number of pyridine rings is 1. The molecule has 2 heterocycles. The van der Waals surface area contributed by atoms with Crippen molar-refractivity contribution in [3.8, 4) is 11.3 Å². The molecule has 20 heavy (non-hydrogen) atoms. The summed E-state index contributed by atoms with van der Waals surface area (Å²) in [6, 6.07) is 8.40. The predicted molar refractivity (Wildman–Crippen MR) is 81.5 cm³/mol. The Bertz CT molecular complexity index is 730. The number of hydrogen-bond donors (Lipinski definition) is 2. The molecule has 3 rings (SSSR count). The maximum atomic E-state index is 5.63. The molecule has 0 spiro atoms. The first-order valence-electron chi connectivity index (χ1n) is 6.93. The minimum absolute atomic E-state index is 0.659. The van der Waals surface area contributed by atoms with Gasteiger partial charge in [0.15, 0.2) is 0 Å². The maximum Gasteiger partial charge on any atom is 0.0812 e. The maximum absolute atomic E-state index is 5.63. The number of hydrogen-bond acceptors (Lipinski definition) is 3. The van der Waals surface area contributed by atoms with Crippen molar-refractivity contribution >= 4 is 10.9 Å². The molecule has 4 heteroatoms. The molecule has 0 atom stereocenters. The number of benzene rings is 1. The Morgan fingerprint density at radius 3 is 2.95 bits per heavy atom. The highest BCUT2D eigenvalue weighted by Crippen LogP contribution is 2.28. The second-order valence-electron chi connectivity index (χ2n) is 4.88. The summed E-state index contributed by atoms with van der Waals surface area (Å²) >= 11 is 0. The molecule has 0 aliphatic rings. The van der Waals surface area contributed by atoms with Crippen LogP contribution in [0.25, 0.3) is 22.2 Å². The van der Waals surface area contributed by atoms with Crippen LogP contribution in [0.3, 0.4) is 0 Å². The summed E-state index contributed by atoms with van der Waals surface area (Å²) in [5, 5.41) is 8.33. The molecule has 0 bridgehead atoms. The van der Waals surface area contributed by atoms with E-state index < -0.39 is 0 Å². The summed E-state index contributed by atoms with van der Waals surface area (Å²) in [6.07, 6.45) is 5.62. The number of fused-ring (bicyclic) bond motifs is 1. The third-order valence-corrected chi connectivity index (χ3v) is 3.58. The van der Waals surface area contributed by atoms with Crippen LogP contribution in [0.5, 0.6) is 0 Å². The van der Waals surface area contributed by atoms with Gasteiger partial charge in [-0.05, 0) is 36.6 Å². The number of rotatable bonds is 4. The van der Waals surface area contributed by atoms with Crippen LogP contribution in [-0.4, -0.2) is 21.7 Å². The molecule has 4 nitrogen and oxygen atoms in total. The van der Waals surface area contributed by atoms with Gasteiger partial charge in [-0.2, -0.15) is 5.10 Å². The molecule has 0 radical (unpaired) electrons. The van der Waals surface area contributed by atoms with E-state index in [0.717, 1.165) is 35.0 Å². The molecule has 3 N–H and O–H groups in total. The van der Waals surface area contributed by atoms with Gasteiger partial charge in [0, 0.05) is 17.1 Å². The largest absolute Gasteiger partial charge is 0.330 e. The zero-order valence-electron chi connectivity index (χ0n) is 11.6. The first kappa shape index (κ1) is 12.8. The van der Waals surface area contributed by atoms with Gasteiger partial charge in [0.1, 0.15) is 0 Å². The molecule has 0 unspecified atom stereocenters. The average Bonchev–Trinajstić information content (AvgIpc) is 2.96. The zero-order chi connectivity index (χ0) is 13.9. The van der Waals surface area contributed by atoms with Crippen LogP contribution < -0.4 is 5.73 Å². The lowest BCUT2D eigenvalue weighted by Crippen LogP contribution is -2.02.